The van der Waals surface area contributed by atoms with Gasteiger partial charge in [-0.2, -0.15) is 5.10 Å². The third-order valence-corrected chi connectivity index (χ3v) is 3.30. The van der Waals surface area contributed by atoms with E-state index in [1.54, 1.807) is 10.8 Å². The van der Waals surface area contributed by atoms with Crippen molar-refractivity contribution in [1.82, 2.24) is 29.3 Å². The molecule has 0 unspecified atom stereocenters. The number of allylic oxidation sites excluding steroid dienone is 1. The number of nitrogens with one attached hydrogen (secondary N) is 2. The van der Waals surface area contributed by atoms with E-state index in [0.29, 0.717) is 17.2 Å². The van der Waals surface area contributed by atoms with Gasteiger partial charge in [0.1, 0.15) is 11.2 Å². The Hall–Kier alpha value is -2.90. The second-order valence-corrected chi connectivity index (χ2v) is 4.74. The molecular weight excluding hydrogens is 272 g/mol. The van der Waals surface area contributed by atoms with Gasteiger partial charge in [0, 0.05) is 19.3 Å². The Morgan fingerprint density at radius 3 is 2.76 bits per heavy atom. The normalized spacial score (nSPS) is 11.1. The summed E-state index contributed by atoms with van der Waals surface area (Å²) < 4.78 is 3.06. The zero-order valence-corrected chi connectivity index (χ0v) is 11.7. The molecule has 8 heteroatoms. The van der Waals surface area contributed by atoms with E-state index in [-0.39, 0.29) is 12.1 Å². The Morgan fingerprint density at radius 2 is 2.14 bits per heavy atom. The van der Waals surface area contributed by atoms with Crippen molar-refractivity contribution in [2.45, 2.75) is 13.5 Å². The topological polar surface area (TPSA) is 101 Å². The summed E-state index contributed by atoms with van der Waals surface area (Å²) in [4.78, 5) is 33.2. The van der Waals surface area contributed by atoms with E-state index in [1.165, 1.54) is 4.57 Å². The third-order valence-electron chi connectivity index (χ3n) is 3.30. The first-order chi connectivity index (χ1) is 10.0. The summed E-state index contributed by atoms with van der Waals surface area (Å²) in [5.74, 6) is 0.447. The van der Waals surface area contributed by atoms with Crippen molar-refractivity contribution < 1.29 is 0 Å². The van der Waals surface area contributed by atoms with Gasteiger partial charge in [-0.05, 0) is 13.0 Å². The fourth-order valence-corrected chi connectivity index (χ4v) is 2.14. The van der Waals surface area contributed by atoms with E-state index in [4.69, 9.17) is 0 Å². The van der Waals surface area contributed by atoms with Gasteiger partial charge < -0.3 is 4.98 Å². The van der Waals surface area contributed by atoms with Crippen LogP contribution in [0.15, 0.2) is 28.3 Å². The highest BCUT2D eigenvalue weighted by Gasteiger charge is 2.15. The first-order valence-electron chi connectivity index (χ1n) is 6.36. The summed E-state index contributed by atoms with van der Waals surface area (Å²) >= 11 is 0. The number of aryl methyl sites for hydroxylation is 2. The highest BCUT2D eigenvalue weighted by Crippen LogP contribution is 2.17. The summed E-state index contributed by atoms with van der Waals surface area (Å²) in [6, 6.07) is 1.85. The molecule has 21 heavy (non-hydrogen) atoms. The second-order valence-electron chi connectivity index (χ2n) is 4.74. The van der Waals surface area contributed by atoms with E-state index in [2.05, 4.69) is 26.6 Å². The Balaban J connectivity index is 2.31. The first-order valence-corrected chi connectivity index (χ1v) is 6.36. The van der Waals surface area contributed by atoms with E-state index >= 15 is 0 Å². The molecule has 3 aromatic heterocycles. The van der Waals surface area contributed by atoms with Gasteiger partial charge in [0.2, 0.25) is 0 Å². The lowest BCUT2D eigenvalue weighted by Crippen LogP contribution is -2.30. The van der Waals surface area contributed by atoms with Gasteiger partial charge in [-0.25, -0.2) is 9.78 Å². The molecule has 0 aliphatic rings. The predicted octanol–water partition coefficient (Wildman–Crippen LogP) is 0.308. The third kappa shape index (κ3) is 2.00. The molecule has 0 amide bonds. The molecule has 108 valence electrons. The van der Waals surface area contributed by atoms with Crippen LogP contribution >= 0.6 is 0 Å². The molecule has 3 aromatic rings. The minimum atomic E-state index is -0.511. The lowest BCUT2D eigenvalue weighted by molar-refractivity contribution is 0.741. The maximum atomic E-state index is 11.9. The van der Waals surface area contributed by atoms with Crippen molar-refractivity contribution in [1.29, 1.82) is 0 Å². The van der Waals surface area contributed by atoms with Crippen molar-refractivity contribution >= 4 is 11.2 Å². The van der Waals surface area contributed by atoms with E-state index in [1.807, 2.05) is 20.0 Å². The molecule has 3 rings (SSSR count). The van der Waals surface area contributed by atoms with Crippen molar-refractivity contribution in [3.05, 3.63) is 45.3 Å². The first kappa shape index (κ1) is 13.1. The SMILES string of the molecule is C=CCn1c(=O)[nH]c(=O)c2[nH]c(-c3cc(C)n(C)n3)nc21. The van der Waals surface area contributed by atoms with Crippen molar-refractivity contribution in [2.24, 2.45) is 7.05 Å². The minimum absolute atomic E-state index is 0.245. The minimum Gasteiger partial charge on any atom is -0.331 e. The van der Waals surface area contributed by atoms with Crippen LogP contribution in [-0.2, 0) is 13.6 Å². The van der Waals surface area contributed by atoms with Crippen LogP contribution in [0.5, 0.6) is 0 Å². The van der Waals surface area contributed by atoms with E-state index in [0.717, 1.165) is 5.69 Å². The summed E-state index contributed by atoms with van der Waals surface area (Å²) in [6.45, 7) is 5.78. The summed E-state index contributed by atoms with van der Waals surface area (Å²) in [7, 11) is 1.82. The molecule has 0 bridgehead atoms. The number of aromatic amines is 2. The molecule has 0 atom stereocenters. The zero-order valence-electron chi connectivity index (χ0n) is 11.7. The van der Waals surface area contributed by atoms with Crippen molar-refractivity contribution in [2.75, 3.05) is 0 Å². The standard InChI is InChI=1S/C13H14N6O2/c1-4-5-19-11-9(12(20)16-13(19)21)14-10(15-11)8-6-7(2)18(3)17-8/h4,6H,1,5H2,2-3H3,(H,14,15)(H,16,20,21). The molecule has 0 saturated heterocycles. The Labute approximate surface area is 118 Å². The molecule has 0 spiro atoms. The number of imidazole rings is 1. The maximum Gasteiger partial charge on any atom is 0.330 e. The van der Waals surface area contributed by atoms with Gasteiger partial charge >= 0.3 is 5.69 Å². The Morgan fingerprint density at radius 1 is 1.38 bits per heavy atom. The smallest absolute Gasteiger partial charge is 0.330 e. The largest absolute Gasteiger partial charge is 0.331 e. The summed E-state index contributed by atoms with van der Waals surface area (Å²) in [5.41, 5.74) is 1.10. The van der Waals surface area contributed by atoms with Crippen LogP contribution in [0.1, 0.15) is 5.69 Å². The molecule has 8 nitrogen and oxygen atoms in total. The van der Waals surface area contributed by atoms with Gasteiger partial charge in [0.15, 0.2) is 11.5 Å². The number of fused-ring (bicyclic) bond motifs is 1. The molecule has 0 aromatic carbocycles. The Kier molecular flexibility index (Phi) is 2.86. The molecule has 0 radical (unpaired) electrons. The van der Waals surface area contributed by atoms with Crippen molar-refractivity contribution in [3.63, 3.8) is 0 Å². The summed E-state index contributed by atoms with van der Waals surface area (Å²) in [5, 5.41) is 4.31. The number of rotatable bonds is 3. The van der Waals surface area contributed by atoms with Gasteiger partial charge in [-0.1, -0.05) is 6.08 Å². The van der Waals surface area contributed by atoms with Crippen LogP contribution < -0.4 is 11.2 Å². The van der Waals surface area contributed by atoms with Gasteiger partial charge in [-0.3, -0.25) is 19.0 Å². The summed E-state index contributed by atoms with van der Waals surface area (Å²) in [6.07, 6.45) is 1.57. The molecule has 2 N–H and O–H groups in total. The zero-order chi connectivity index (χ0) is 15.1. The van der Waals surface area contributed by atoms with Gasteiger partial charge in [0.05, 0.1) is 0 Å². The van der Waals surface area contributed by atoms with Crippen LogP contribution in [0, 0.1) is 6.92 Å². The quantitative estimate of drug-likeness (QED) is 0.676. The second kappa shape index (κ2) is 4.58. The highest BCUT2D eigenvalue weighted by atomic mass is 16.2. The number of H-pyrrole nitrogens is 2. The predicted molar refractivity (Wildman–Crippen MR) is 78.1 cm³/mol. The van der Waals surface area contributed by atoms with E-state index < -0.39 is 11.2 Å². The number of nitrogens with zero attached hydrogens (tertiary/aromatic N) is 4. The van der Waals surface area contributed by atoms with Crippen LogP contribution in [0.3, 0.4) is 0 Å². The Bertz CT molecular complexity index is 936. The average Bonchev–Trinajstić information content (AvgIpc) is 3.00. The molecule has 0 aliphatic carbocycles. The number of hydrogen-bond acceptors (Lipinski definition) is 4. The molecule has 0 fully saturated rings. The van der Waals surface area contributed by atoms with Crippen molar-refractivity contribution in [3.8, 4) is 11.5 Å². The lowest BCUT2D eigenvalue weighted by atomic mass is 10.3. The molecule has 0 aliphatic heterocycles. The van der Waals surface area contributed by atoms with Crippen LogP contribution in [-0.4, -0.2) is 29.3 Å². The molecule has 0 saturated carbocycles. The number of hydrogen-bond donors (Lipinski definition) is 2. The fraction of sp³-hybridized carbons (Fsp3) is 0.231. The van der Waals surface area contributed by atoms with Crippen LogP contribution in [0.2, 0.25) is 0 Å². The lowest BCUT2D eigenvalue weighted by Gasteiger charge is -2.00. The van der Waals surface area contributed by atoms with Crippen LogP contribution in [0.4, 0.5) is 0 Å². The fourth-order valence-electron chi connectivity index (χ4n) is 2.14. The maximum absolute atomic E-state index is 11.9. The highest BCUT2D eigenvalue weighted by molar-refractivity contribution is 5.74. The molecule has 3 heterocycles. The average molecular weight is 286 g/mol. The monoisotopic (exact) mass is 286 g/mol. The molecular formula is C13H14N6O2. The van der Waals surface area contributed by atoms with Gasteiger partial charge in [-0.15, -0.1) is 6.58 Å². The van der Waals surface area contributed by atoms with Crippen LogP contribution in [0.25, 0.3) is 22.7 Å². The van der Waals surface area contributed by atoms with E-state index in [9.17, 15) is 9.59 Å². The number of aromatic nitrogens is 6. The van der Waals surface area contributed by atoms with Gasteiger partial charge in [0.25, 0.3) is 5.56 Å².